The van der Waals surface area contributed by atoms with E-state index in [9.17, 15) is 4.79 Å². The molecule has 0 spiro atoms. The Morgan fingerprint density at radius 1 is 1.16 bits per heavy atom. The van der Waals surface area contributed by atoms with Gasteiger partial charge in [-0.1, -0.05) is 26.0 Å². The van der Waals surface area contributed by atoms with E-state index < -0.39 is 0 Å². The van der Waals surface area contributed by atoms with Gasteiger partial charge in [0.2, 0.25) is 0 Å². The van der Waals surface area contributed by atoms with Crippen LogP contribution in [0.3, 0.4) is 0 Å². The van der Waals surface area contributed by atoms with E-state index in [1.807, 2.05) is 46.9 Å². The van der Waals surface area contributed by atoms with Crippen LogP contribution in [0, 0.1) is 11.8 Å². The molecule has 7 nitrogen and oxygen atoms in total. The first-order valence-electron chi connectivity index (χ1n) is 11.0. The Hall–Kier alpha value is -3.19. The lowest BCUT2D eigenvalue weighted by Crippen LogP contribution is -2.40. The predicted octanol–water partition coefficient (Wildman–Crippen LogP) is 3.77. The molecule has 1 unspecified atom stereocenters. The normalized spacial score (nSPS) is 17.5. The highest BCUT2D eigenvalue weighted by Gasteiger charge is 2.22. The number of benzene rings is 1. The molecule has 1 atom stereocenters. The molecular formula is C24H28N6O. The maximum atomic E-state index is 12.6. The molecule has 3 aromatic heterocycles. The van der Waals surface area contributed by atoms with Crippen molar-refractivity contribution in [2.45, 2.75) is 26.7 Å². The van der Waals surface area contributed by atoms with Gasteiger partial charge in [0.25, 0.3) is 5.91 Å². The van der Waals surface area contributed by atoms with Crippen LogP contribution in [0.25, 0.3) is 27.7 Å². The molecule has 1 saturated heterocycles. The van der Waals surface area contributed by atoms with Gasteiger partial charge >= 0.3 is 0 Å². The van der Waals surface area contributed by atoms with Crippen LogP contribution >= 0.6 is 0 Å². The van der Waals surface area contributed by atoms with Crippen molar-refractivity contribution in [3.8, 4) is 0 Å². The number of hydrogen-bond acceptors (Lipinski definition) is 5. The molecule has 0 bridgehead atoms. The van der Waals surface area contributed by atoms with Crippen molar-refractivity contribution in [1.29, 1.82) is 0 Å². The smallest absolute Gasteiger partial charge is 0.254 e. The van der Waals surface area contributed by atoms with Crippen LogP contribution in [0.4, 0.5) is 5.82 Å². The molecule has 0 radical (unpaired) electrons. The standard InChI is InChI=1S/C24H28N6O/c1-15(2)17-7-6-12-29(26-14-17)21-11-10-16-13-18(24(31)25-3)23-27-19-8-4-5-9-20(19)30(23)22(16)28-21/h4-5,8-11,13,15,17,26H,6-7,12,14H2,1-3H3,(H,25,31). The van der Waals surface area contributed by atoms with E-state index in [0.29, 0.717) is 23.0 Å². The quantitative estimate of drug-likeness (QED) is 0.532. The van der Waals surface area contributed by atoms with E-state index >= 15 is 0 Å². The zero-order chi connectivity index (χ0) is 21.5. The number of nitrogens with one attached hydrogen (secondary N) is 2. The van der Waals surface area contributed by atoms with E-state index in [1.165, 1.54) is 6.42 Å². The second kappa shape index (κ2) is 7.81. The van der Waals surface area contributed by atoms with Gasteiger partial charge in [0, 0.05) is 25.5 Å². The van der Waals surface area contributed by atoms with Gasteiger partial charge in [-0.15, -0.1) is 0 Å². The molecule has 1 aromatic carbocycles. The molecular weight excluding hydrogens is 388 g/mol. The van der Waals surface area contributed by atoms with Gasteiger partial charge < -0.3 is 5.32 Å². The number of aromatic nitrogens is 3. The molecule has 0 aliphatic carbocycles. The number of hydrazine groups is 1. The number of pyridine rings is 2. The highest BCUT2D eigenvalue weighted by Crippen LogP contribution is 2.28. The molecule has 31 heavy (non-hydrogen) atoms. The van der Waals surface area contributed by atoms with Crippen molar-refractivity contribution in [3.63, 3.8) is 0 Å². The molecule has 4 aromatic rings. The number of rotatable bonds is 3. The highest BCUT2D eigenvalue weighted by molar-refractivity contribution is 6.05. The first-order chi connectivity index (χ1) is 15.1. The number of anilines is 1. The fourth-order valence-corrected chi connectivity index (χ4v) is 4.52. The monoisotopic (exact) mass is 416 g/mol. The molecule has 160 valence electrons. The van der Waals surface area contributed by atoms with Gasteiger partial charge in [-0.25, -0.2) is 15.4 Å². The van der Waals surface area contributed by atoms with Crippen LogP contribution in [0.15, 0.2) is 42.5 Å². The first-order valence-corrected chi connectivity index (χ1v) is 11.0. The largest absolute Gasteiger partial charge is 0.355 e. The van der Waals surface area contributed by atoms with Gasteiger partial charge in [0.1, 0.15) is 11.5 Å². The fourth-order valence-electron chi connectivity index (χ4n) is 4.52. The highest BCUT2D eigenvalue weighted by atomic mass is 16.1. The summed E-state index contributed by atoms with van der Waals surface area (Å²) in [6, 6.07) is 13.9. The van der Waals surface area contributed by atoms with Gasteiger partial charge in [-0.2, -0.15) is 0 Å². The molecule has 0 saturated carbocycles. The van der Waals surface area contributed by atoms with Crippen LogP contribution in [0.2, 0.25) is 0 Å². The van der Waals surface area contributed by atoms with E-state index in [0.717, 1.165) is 47.4 Å². The summed E-state index contributed by atoms with van der Waals surface area (Å²) < 4.78 is 2.01. The van der Waals surface area contributed by atoms with Crippen LogP contribution < -0.4 is 15.8 Å². The van der Waals surface area contributed by atoms with E-state index in [4.69, 9.17) is 9.97 Å². The number of hydrogen-bond donors (Lipinski definition) is 2. The second-order valence-corrected chi connectivity index (χ2v) is 8.64. The zero-order valence-electron chi connectivity index (χ0n) is 18.2. The summed E-state index contributed by atoms with van der Waals surface area (Å²) in [6.07, 6.45) is 2.36. The lowest BCUT2D eigenvalue weighted by Gasteiger charge is -2.24. The molecule has 7 heteroatoms. The summed E-state index contributed by atoms with van der Waals surface area (Å²) in [7, 11) is 1.64. The minimum absolute atomic E-state index is 0.153. The number of amides is 1. The Balaban J connectivity index is 1.68. The molecule has 4 heterocycles. The number of fused-ring (bicyclic) bond motifs is 5. The zero-order valence-corrected chi connectivity index (χ0v) is 18.2. The summed E-state index contributed by atoms with van der Waals surface area (Å²) >= 11 is 0. The third-order valence-electron chi connectivity index (χ3n) is 6.40. The summed E-state index contributed by atoms with van der Waals surface area (Å²) in [5, 5.41) is 5.81. The SMILES string of the molecule is CNC(=O)c1cc2ccc(N3CCCC(C(C)C)CN3)nc2n2c1nc1ccccc12. The number of nitrogens with zero attached hydrogens (tertiary/aromatic N) is 4. The topological polar surface area (TPSA) is 74.6 Å². The average Bonchev–Trinajstić information content (AvgIpc) is 2.99. The lowest BCUT2D eigenvalue weighted by molar-refractivity contribution is 0.0964. The third-order valence-corrected chi connectivity index (χ3v) is 6.40. The van der Waals surface area contributed by atoms with Crippen LogP contribution in [0.1, 0.15) is 37.0 Å². The fraction of sp³-hybridized carbons (Fsp3) is 0.375. The van der Waals surface area contributed by atoms with Crippen molar-refractivity contribution >= 4 is 39.4 Å². The molecule has 1 fully saturated rings. The van der Waals surface area contributed by atoms with Crippen LogP contribution in [-0.2, 0) is 0 Å². The van der Waals surface area contributed by atoms with Gasteiger partial charge in [-0.05, 0) is 55.0 Å². The van der Waals surface area contributed by atoms with E-state index in [1.54, 1.807) is 7.05 Å². The van der Waals surface area contributed by atoms with E-state index in [-0.39, 0.29) is 5.91 Å². The molecule has 2 N–H and O–H groups in total. The van der Waals surface area contributed by atoms with Crippen molar-refractivity contribution in [1.82, 2.24) is 25.1 Å². The van der Waals surface area contributed by atoms with Crippen LogP contribution in [0.5, 0.6) is 0 Å². The van der Waals surface area contributed by atoms with E-state index in [2.05, 4.69) is 29.6 Å². The van der Waals surface area contributed by atoms with Gasteiger partial charge in [-0.3, -0.25) is 14.2 Å². The molecule has 1 aliphatic rings. The Morgan fingerprint density at radius 2 is 2.00 bits per heavy atom. The maximum absolute atomic E-state index is 12.6. The number of para-hydroxylation sites is 2. The number of imidazole rings is 1. The lowest BCUT2D eigenvalue weighted by atomic mass is 9.92. The Morgan fingerprint density at radius 3 is 2.81 bits per heavy atom. The second-order valence-electron chi connectivity index (χ2n) is 8.64. The Labute approximate surface area is 181 Å². The minimum Gasteiger partial charge on any atom is -0.355 e. The Bertz CT molecular complexity index is 1280. The average molecular weight is 417 g/mol. The summed E-state index contributed by atoms with van der Waals surface area (Å²) in [6.45, 7) is 6.46. The molecule has 1 aliphatic heterocycles. The van der Waals surface area contributed by atoms with Gasteiger partial charge in [0.05, 0.1) is 16.6 Å². The third kappa shape index (κ3) is 3.39. The van der Waals surface area contributed by atoms with Crippen molar-refractivity contribution in [2.75, 3.05) is 25.1 Å². The van der Waals surface area contributed by atoms with Crippen molar-refractivity contribution in [2.24, 2.45) is 11.8 Å². The predicted molar refractivity (Wildman–Crippen MR) is 124 cm³/mol. The summed E-state index contributed by atoms with van der Waals surface area (Å²) in [4.78, 5) is 22.4. The van der Waals surface area contributed by atoms with Crippen molar-refractivity contribution < 1.29 is 4.79 Å². The Kier molecular flexibility index (Phi) is 4.98. The van der Waals surface area contributed by atoms with Crippen LogP contribution in [-0.4, -0.2) is 40.4 Å². The first kappa shape index (κ1) is 19.8. The van der Waals surface area contributed by atoms with Crippen molar-refractivity contribution in [3.05, 3.63) is 48.0 Å². The van der Waals surface area contributed by atoms with Gasteiger partial charge in [0.15, 0.2) is 5.65 Å². The summed E-state index contributed by atoms with van der Waals surface area (Å²) in [5.74, 6) is 2.07. The minimum atomic E-state index is -0.153. The number of carbonyl (C=O) groups is 1. The number of carbonyl (C=O) groups excluding carboxylic acids is 1. The maximum Gasteiger partial charge on any atom is 0.254 e. The molecule has 1 amide bonds. The summed E-state index contributed by atoms with van der Waals surface area (Å²) in [5.41, 5.74) is 7.37. The molecule has 5 rings (SSSR count).